The summed E-state index contributed by atoms with van der Waals surface area (Å²) in [6.07, 6.45) is -10.2. The SMILES string of the molecule is COc1c(OC2OC(COC3OCC(O)(CO)C3O)C(O)C(O)C2O)cc(O)c2c(=O)c(-c3ccc(O)cc3)coc12. The highest BCUT2D eigenvalue weighted by atomic mass is 16.7. The zero-order valence-corrected chi connectivity index (χ0v) is 22.1. The van der Waals surface area contributed by atoms with E-state index in [2.05, 4.69) is 0 Å². The van der Waals surface area contributed by atoms with Crippen molar-refractivity contribution in [1.29, 1.82) is 0 Å². The van der Waals surface area contributed by atoms with Gasteiger partial charge in [0.05, 0.1) is 32.5 Å². The van der Waals surface area contributed by atoms with Gasteiger partial charge in [0.25, 0.3) is 0 Å². The van der Waals surface area contributed by atoms with Gasteiger partial charge in [-0.15, -0.1) is 0 Å². The minimum atomic E-state index is -1.95. The van der Waals surface area contributed by atoms with Gasteiger partial charge in [0.2, 0.25) is 17.5 Å². The first-order valence-corrected chi connectivity index (χ1v) is 12.7. The first-order valence-electron chi connectivity index (χ1n) is 12.7. The smallest absolute Gasteiger partial charge is 0.229 e. The van der Waals surface area contributed by atoms with Gasteiger partial charge in [0, 0.05) is 6.07 Å². The Balaban J connectivity index is 1.40. The lowest BCUT2D eigenvalue weighted by Crippen LogP contribution is -2.60. The summed E-state index contributed by atoms with van der Waals surface area (Å²) in [5.41, 5.74) is -2.26. The van der Waals surface area contributed by atoms with Gasteiger partial charge >= 0.3 is 0 Å². The maximum absolute atomic E-state index is 13.3. The van der Waals surface area contributed by atoms with Crippen molar-refractivity contribution in [2.45, 2.75) is 48.7 Å². The molecule has 2 aromatic carbocycles. The number of ether oxygens (including phenoxy) is 5. The largest absolute Gasteiger partial charge is 0.508 e. The number of methoxy groups -OCH3 is 1. The second-order valence-electron chi connectivity index (χ2n) is 10.0. The van der Waals surface area contributed by atoms with Crippen molar-refractivity contribution in [1.82, 2.24) is 0 Å². The fourth-order valence-electron chi connectivity index (χ4n) is 4.76. The third-order valence-corrected chi connectivity index (χ3v) is 7.25. The Kier molecular flexibility index (Phi) is 8.30. The zero-order chi connectivity index (χ0) is 30.3. The number of aromatic hydroxyl groups is 2. The Hall–Kier alpha value is -3.51. The molecule has 3 aromatic rings. The number of phenols is 2. The van der Waals surface area contributed by atoms with Gasteiger partial charge in [-0.05, 0) is 17.7 Å². The van der Waals surface area contributed by atoms with E-state index in [1.807, 2.05) is 0 Å². The van der Waals surface area contributed by atoms with Crippen molar-refractivity contribution in [2.75, 3.05) is 26.9 Å². The molecule has 42 heavy (non-hydrogen) atoms. The van der Waals surface area contributed by atoms with E-state index in [0.717, 1.165) is 12.3 Å². The fraction of sp³-hybridized carbons (Fsp3) is 0.444. The first kappa shape index (κ1) is 30.0. The molecule has 2 saturated heterocycles. The summed E-state index contributed by atoms with van der Waals surface area (Å²) >= 11 is 0. The Morgan fingerprint density at radius 3 is 2.38 bits per heavy atom. The van der Waals surface area contributed by atoms with Gasteiger partial charge in [-0.25, -0.2) is 0 Å². The molecule has 0 aliphatic carbocycles. The molecule has 5 rings (SSSR count). The number of hydrogen-bond acceptors (Lipinski definition) is 15. The standard InChI is InChI=1S/C27H30O15/c1-37-22-15(6-14(30)17-18(31)13(7-38-23(17)22)11-2-4-12(29)5-3-11)41-25-21(34)20(33)19(32)16(42-25)8-39-26-24(35)27(36,9-28)10-40-26/h2-7,16,19-21,24-26,28-30,32-36H,8-10H2,1H3. The van der Waals surface area contributed by atoms with Crippen LogP contribution in [0.2, 0.25) is 0 Å². The molecular weight excluding hydrogens is 564 g/mol. The van der Waals surface area contributed by atoms with Crippen molar-refractivity contribution in [3.63, 3.8) is 0 Å². The van der Waals surface area contributed by atoms with Gasteiger partial charge in [-0.3, -0.25) is 4.79 Å². The molecule has 8 N–H and O–H groups in total. The maximum Gasteiger partial charge on any atom is 0.229 e. The summed E-state index contributed by atoms with van der Waals surface area (Å²) in [5.74, 6) is -0.984. The molecule has 8 atom stereocenters. The van der Waals surface area contributed by atoms with E-state index < -0.39 is 79.7 Å². The first-order chi connectivity index (χ1) is 20.0. The molecule has 2 aliphatic heterocycles. The summed E-state index contributed by atoms with van der Waals surface area (Å²) in [5, 5.41) is 81.1. The summed E-state index contributed by atoms with van der Waals surface area (Å²) in [6.45, 7) is -1.73. The van der Waals surface area contributed by atoms with E-state index in [0.29, 0.717) is 5.56 Å². The van der Waals surface area contributed by atoms with Gasteiger partial charge in [-0.1, -0.05) is 12.1 Å². The van der Waals surface area contributed by atoms with Crippen molar-refractivity contribution >= 4 is 11.0 Å². The molecule has 0 saturated carbocycles. The van der Waals surface area contributed by atoms with Crippen molar-refractivity contribution in [3.05, 3.63) is 46.8 Å². The van der Waals surface area contributed by atoms with Gasteiger partial charge < -0.3 is 69.0 Å². The number of phenolic OH excluding ortho intramolecular Hbond substituents is 2. The van der Waals surface area contributed by atoms with E-state index in [4.69, 9.17) is 28.1 Å². The summed E-state index contributed by atoms with van der Waals surface area (Å²) in [4.78, 5) is 13.3. The van der Waals surface area contributed by atoms with Crippen molar-refractivity contribution in [3.8, 4) is 34.1 Å². The van der Waals surface area contributed by atoms with Gasteiger partial charge in [0.1, 0.15) is 59.3 Å². The quantitative estimate of drug-likeness (QED) is 0.148. The number of aliphatic hydroxyl groups is 6. The number of hydrogen-bond donors (Lipinski definition) is 8. The minimum absolute atomic E-state index is 0.00728. The predicted molar refractivity (Wildman–Crippen MR) is 139 cm³/mol. The molecule has 0 radical (unpaired) electrons. The Labute approximate surface area is 236 Å². The maximum atomic E-state index is 13.3. The van der Waals surface area contributed by atoms with Crippen LogP contribution >= 0.6 is 0 Å². The van der Waals surface area contributed by atoms with Crippen molar-refractivity contribution in [2.24, 2.45) is 0 Å². The number of aliphatic hydroxyl groups excluding tert-OH is 5. The lowest BCUT2D eigenvalue weighted by Gasteiger charge is -2.40. The molecule has 0 spiro atoms. The van der Waals surface area contributed by atoms with Crippen LogP contribution in [0.1, 0.15) is 0 Å². The topological polar surface area (TPSA) is 238 Å². The molecular formula is C27H30O15. The highest BCUT2D eigenvalue weighted by Crippen LogP contribution is 2.42. The number of benzene rings is 2. The molecule has 15 nitrogen and oxygen atoms in total. The lowest BCUT2D eigenvalue weighted by atomic mass is 9.99. The summed E-state index contributed by atoms with van der Waals surface area (Å²) < 4.78 is 32.9. The number of rotatable bonds is 8. The highest BCUT2D eigenvalue weighted by Gasteiger charge is 2.50. The van der Waals surface area contributed by atoms with Crippen LogP contribution in [0.3, 0.4) is 0 Å². The normalized spacial score (nSPS) is 31.4. The van der Waals surface area contributed by atoms with Crippen LogP contribution in [0, 0.1) is 0 Å². The molecule has 228 valence electrons. The van der Waals surface area contributed by atoms with E-state index >= 15 is 0 Å². The van der Waals surface area contributed by atoms with Gasteiger partial charge in [-0.2, -0.15) is 0 Å². The molecule has 0 bridgehead atoms. The average Bonchev–Trinajstić information content (AvgIpc) is 3.26. The molecule has 8 unspecified atom stereocenters. The second kappa shape index (κ2) is 11.6. The van der Waals surface area contributed by atoms with Crippen LogP contribution in [-0.4, -0.2) is 116 Å². The highest BCUT2D eigenvalue weighted by molar-refractivity contribution is 5.93. The Morgan fingerprint density at radius 1 is 1.02 bits per heavy atom. The summed E-state index contributed by atoms with van der Waals surface area (Å²) in [6, 6.07) is 6.78. The molecule has 1 aromatic heterocycles. The average molecular weight is 595 g/mol. The molecule has 0 amide bonds. The van der Waals surface area contributed by atoms with Crippen LogP contribution in [0.15, 0.2) is 45.8 Å². The van der Waals surface area contributed by atoms with Crippen LogP contribution < -0.4 is 14.9 Å². The predicted octanol–water partition coefficient (Wildman–Crippen LogP) is -1.48. The molecule has 2 fully saturated rings. The van der Waals surface area contributed by atoms with E-state index in [-0.39, 0.29) is 33.8 Å². The van der Waals surface area contributed by atoms with E-state index in [1.165, 1.54) is 31.4 Å². The monoisotopic (exact) mass is 594 g/mol. The minimum Gasteiger partial charge on any atom is -0.508 e. The van der Waals surface area contributed by atoms with Crippen LogP contribution in [-0.2, 0) is 14.2 Å². The lowest BCUT2D eigenvalue weighted by molar-refractivity contribution is -0.289. The zero-order valence-electron chi connectivity index (χ0n) is 22.1. The van der Waals surface area contributed by atoms with Gasteiger partial charge in [0.15, 0.2) is 17.6 Å². The molecule has 15 heteroatoms. The third kappa shape index (κ3) is 5.26. The fourth-order valence-corrected chi connectivity index (χ4v) is 4.76. The van der Waals surface area contributed by atoms with E-state index in [9.17, 15) is 45.6 Å². The Morgan fingerprint density at radius 2 is 1.74 bits per heavy atom. The van der Waals surface area contributed by atoms with Crippen LogP contribution in [0.5, 0.6) is 23.0 Å². The van der Waals surface area contributed by atoms with Crippen molar-refractivity contribution < 1.29 is 69.0 Å². The third-order valence-electron chi connectivity index (χ3n) is 7.25. The summed E-state index contributed by atoms with van der Waals surface area (Å²) in [7, 11) is 1.24. The Bertz CT molecular complexity index is 1470. The van der Waals surface area contributed by atoms with E-state index in [1.54, 1.807) is 0 Å². The molecule has 2 aliphatic rings. The van der Waals surface area contributed by atoms with Crippen LogP contribution in [0.4, 0.5) is 0 Å². The van der Waals surface area contributed by atoms with Crippen LogP contribution in [0.25, 0.3) is 22.1 Å². The number of fused-ring (bicyclic) bond motifs is 1. The second-order valence-corrected chi connectivity index (χ2v) is 10.0. The molecule has 3 heterocycles.